The fourth-order valence-electron chi connectivity index (χ4n) is 2.63. The highest BCUT2D eigenvalue weighted by Crippen LogP contribution is 2.31. The van der Waals surface area contributed by atoms with Crippen molar-refractivity contribution < 1.29 is 9.18 Å². The summed E-state index contributed by atoms with van der Waals surface area (Å²) in [5.41, 5.74) is 11.0. The van der Waals surface area contributed by atoms with Crippen LogP contribution in [-0.4, -0.2) is 11.4 Å². The third-order valence-electron chi connectivity index (χ3n) is 2.85. The lowest BCUT2D eigenvalue weighted by atomic mass is 9.81. The molecular formula is C15H24FN3O. The number of nitrogens with one attached hydrogen (secondary N) is 1. The van der Waals surface area contributed by atoms with Gasteiger partial charge < -0.3 is 16.8 Å². The Kier molecular flexibility index (Phi) is 4.32. The monoisotopic (exact) mass is 281 g/mol. The van der Waals surface area contributed by atoms with E-state index in [0.717, 1.165) is 12.5 Å². The summed E-state index contributed by atoms with van der Waals surface area (Å²) in [6.45, 7) is 10.3. The molecule has 4 nitrogen and oxygen atoms in total. The molecule has 112 valence electrons. The summed E-state index contributed by atoms with van der Waals surface area (Å²) in [7, 11) is 0. The predicted molar refractivity (Wildman–Crippen MR) is 81.1 cm³/mol. The van der Waals surface area contributed by atoms with Gasteiger partial charge in [-0.25, -0.2) is 4.39 Å². The molecule has 0 heterocycles. The molecule has 5 N–H and O–H groups in total. The average Bonchev–Trinajstić information content (AvgIpc) is 2.17. The summed E-state index contributed by atoms with van der Waals surface area (Å²) in [6, 6.07) is 2.49. The van der Waals surface area contributed by atoms with E-state index in [9.17, 15) is 9.18 Å². The van der Waals surface area contributed by atoms with Gasteiger partial charge in [-0.15, -0.1) is 0 Å². The van der Waals surface area contributed by atoms with Crippen LogP contribution in [0, 0.1) is 11.2 Å². The minimum atomic E-state index is -0.667. The second-order valence-corrected chi connectivity index (χ2v) is 7.03. The molecule has 0 saturated heterocycles. The van der Waals surface area contributed by atoms with Gasteiger partial charge in [0, 0.05) is 11.2 Å². The van der Waals surface area contributed by atoms with E-state index in [1.54, 1.807) is 0 Å². The Morgan fingerprint density at radius 2 is 1.80 bits per heavy atom. The minimum absolute atomic E-state index is 0.0502. The van der Waals surface area contributed by atoms with Crippen molar-refractivity contribution in [2.45, 2.75) is 46.6 Å². The van der Waals surface area contributed by atoms with E-state index in [2.05, 4.69) is 26.1 Å². The molecule has 1 aromatic rings. The van der Waals surface area contributed by atoms with Gasteiger partial charge in [0.15, 0.2) is 0 Å². The maximum atomic E-state index is 14.0. The van der Waals surface area contributed by atoms with E-state index in [1.807, 2.05) is 13.8 Å². The zero-order chi connectivity index (χ0) is 15.7. The highest BCUT2D eigenvalue weighted by molar-refractivity contribution is 5.99. The number of hydrogen-bond donors (Lipinski definition) is 3. The molecule has 0 radical (unpaired) electrons. The molecule has 0 bridgehead atoms. The van der Waals surface area contributed by atoms with Crippen LogP contribution >= 0.6 is 0 Å². The molecule has 0 aliphatic rings. The molecule has 1 aromatic carbocycles. The average molecular weight is 281 g/mol. The van der Waals surface area contributed by atoms with Gasteiger partial charge in [0.2, 0.25) is 0 Å². The summed E-state index contributed by atoms with van der Waals surface area (Å²) in [6.07, 6.45) is 0.829. The normalized spacial score (nSPS) is 12.3. The number of hydrogen-bond acceptors (Lipinski definition) is 3. The number of carbonyl (C=O) groups excluding carboxylic acids is 1. The molecule has 0 spiro atoms. The number of nitrogen functional groups attached to an aromatic ring is 1. The van der Waals surface area contributed by atoms with Crippen molar-refractivity contribution in [2.75, 3.05) is 11.1 Å². The zero-order valence-corrected chi connectivity index (χ0v) is 12.8. The van der Waals surface area contributed by atoms with E-state index < -0.39 is 11.7 Å². The first-order valence-corrected chi connectivity index (χ1v) is 6.58. The summed E-state index contributed by atoms with van der Waals surface area (Å²) in [5.74, 6) is -1.16. The topological polar surface area (TPSA) is 81.1 Å². The number of primary amides is 1. The van der Waals surface area contributed by atoms with Gasteiger partial charge in [0.25, 0.3) is 5.91 Å². The van der Waals surface area contributed by atoms with Crippen molar-refractivity contribution in [3.8, 4) is 0 Å². The van der Waals surface area contributed by atoms with Crippen molar-refractivity contribution in [2.24, 2.45) is 11.1 Å². The first kappa shape index (κ1) is 16.3. The van der Waals surface area contributed by atoms with Gasteiger partial charge in [-0.2, -0.15) is 0 Å². The first-order valence-electron chi connectivity index (χ1n) is 6.58. The van der Waals surface area contributed by atoms with Crippen LogP contribution in [0.15, 0.2) is 12.1 Å². The number of rotatable bonds is 4. The van der Waals surface area contributed by atoms with Gasteiger partial charge in [0.1, 0.15) is 5.82 Å². The van der Waals surface area contributed by atoms with Crippen molar-refractivity contribution in [1.82, 2.24) is 0 Å². The molecular weight excluding hydrogens is 257 g/mol. The largest absolute Gasteiger partial charge is 0.398 e. The maximum Gasteiger partial charge on any atom is 0.250 e. The Morgan fingerprint density at radius 1 is 1.25 bits per heavy atom. The molecule has 0 saturated carbocycles. The SMILES string of the molecule is CC(C)(C)CC(C)(C)Nc1cc(C(N)=O)c(N)cc1F. The fourth-order valence-corrected chi connectivity index (χ4v) is 2.63. The molecule has 20 heavy (non-hydrogen) atoms. The molecule has 0 fully saturated rings. The predicted octanol–water partition coefficient (Wildman–Crippen LogP) is 3.13. The third-order valence-corrected chi connectivity index (χ3v) is 2.85. The van der Waals surface area contributed by atoms with Gasteiger partial charge >= 0.3 is 0 Å². The summed E-state index contributed by atoms with van der Waals surface area (Å²) in [5, 5.41) is 3.13. The van der Waals surface area contributed by atoms with Crippen molar-refractivity contribution in [1.29, 1.82) is 0 Å². The number of amides is 1. The minimum Gasteiger partial charge on any atom is -0.398 e. The number of benzene rings is 1. The van der Waals surface area contributed by atoms with Crippen LogP contribution in [0.3, 0.4) is 0 Å². The lowest BCUT2D eigenvalue weighted by molar-refractivity contribution is 0.100. The first-order chi connectivity index (χ1) is 8.91. The number of carbonyl (C=O) groups is 1. The van der Waals surface area contributed by atoms with E-state index in [1.165, 1.54) is 6.07 Å². The maximum absolute atomic E-state index is 14.0. The standard InChI is InChI=1S/C15H24FN3O/c1-14(2,3)8-15(4,5)19-12-6-9(13(18)20)11(17)7-10(12)16/h6-7,19H,8,17H2,1-5H3,(H2,18,20). The number of halogens is 1. The fraction of sp³-hybridized carbons (Fsp3) is 0.533. The second kappa shape index (κ2) is 5.31. The highest BCUT2D eigenvalue weighted by Gasteiger charge is 2.26. The zero-order valence-electron chi connectivity index (χ0n) is 12.8. The lowest BCUT2D eigenvalue weighted by Gasteiger charge is -2.34. The second-order valence-electron chi connectivity index (χ2n) is 7.03. The van der Waals surface area contributed by atoms with Crippen molar-refractivity contribution >= 4 is 17.3 Å². The van der Waals surface area contributed by atoms with Crippen LogP contribution in [0.5, 0.6) is 0 Å². The van der Waals surface area contributed by atoms with Gasteiger partial charge in [-0.3, -0.25) is 4.79 Å². The number of nitrogens with two attached hydrogens (primary N) is 2. The van der Waals surface area contributed by atoms with Crippen LogP contribution in [-0.2, 0) is 0 Å². The van der Waals surface area contributed by atoms with Gasteiger partial charge in [-0.1, -0.05) is 20.8 Å². The quantitative estimate of drug-likeness (QED) is 0.742. The Morgan fingerprint density at radius 3 is 2.25 bits per heavy atom. The van der Waals surface area contributed by atoms with E-state index >= 15 is 0 Å². The molecule has 0 aliphatic heterocycles. The smallest absolute Gasteiger partial charge is 0.250 e. The van der Waals surface area contributed by atoms with E-state index in [4.69, 9.17) is 11.5 Å². The number of anilines is 2. The van der Waals surface area contributed by atoms with Crippen LogP contribution in [0.2, 0.25) is 0 Å². The van der Waals surface area contributed by atoms with Gasteiger partial charge in [0.05, 0.1) is 11.3 Å². The van der Waals surface area contributed by atoms with Crippen molar-refractivity contribution in [3.05, 3.63) is 23.5 Å². The van der Waals surface area contributed by atoms with Crippen LogP contribution in [0.1, 0.15) is 51.4 Å². The van der Waals surface area contributed by atoms with Gasteiger partial charge in [-0.05, 0) is 37.8 Å². The molecule has 0 unspecified atom stereocenters. The van der Waals surface area contributed by atoms with Crippen LogP contribution in [0.4, 0.5) is 15.8 Å². The van der Waals surface area contributed by atoms with Crippen LogP contribution in [0.25, 0.3) is 0 Å². The molecule has 1 amide bonds. The molecule has 0 aromatic heterocycles. The summed E-state index contributed by atoms with van der Waals surface area (Å²) in [4.78, 5) is 11.3. The third kappa shape index (κ3) is 4.40. The molecule has 1 rings (SSSR count). The summed E-state index contributed by atoms with van der Waals surface area (Å²) >= 11 is 0. The van der Waals surface area contributed by atoms with E-state index in [-0.39, 0.29) is 27.9 Å². The Hall–Kier alpha value is -1.78. The molecule has 0 atom stereocenters. The Labute approximate surface area is 119 Å². The lowest BCUT2D eigenvalue weighted by Crippen LogP contribution is -2.36. The van der Waals surface area contributed by atoms with Crippen molar-refractivity contribution in [3.63, 3.8) is 0 Å². The molecule has 5 heteroatoms. The van der Waals surface area contributed by atoms with Crippen LogP contribution < -0.4 is 16.8 Å². The Bertz CT molecular complexity index is 519. The van der Waals surface area contributed by atoms with E-state index in [0.29, 0.717) is 0 Å². The summed E-state index contributed by atoms with van der Waals surface area (Å²) < 4.78 is 14.0. The Balaban J connectivity index is 3.09. The molecule has 0 aliphatic carbocycles. The highest BCUT2D eigenvalue weighted by atomic mass is 19.1.